The molecule has 0 bridgehead atoms. The van der Waals surface area contributed by atoms with Crippen LogP contribution in [0.3, 0.4) is 0 Å². The van der Waals surface area contributed by atoms with E-state index in [1.165, 1.54) is 15.9 Å². The van der Waals surface area contributed by atoms with E-state index in [1.54, 1.807) is 7.11 Å². The molecule has 0 amide bonds. The fourth-order valence-corrected chi connectivity index (χ4v) is 4.55. The molecule has 0 spiro atoms. The molecule has 0 aliphatic heterocycles. The van der Waals surface area contributed by atoms with Crippen molar-refractivity contribution in [2.24, 2.45) is 0 Å². The van der Waals surface area contributed by atoms with Crippen LogP contribution in [0.15, 0.2) is 58.7 Å². The van der Waals surface area contributed by atoms with Gasteiger partial charge in [-0.15, -0.1) is 11.3 Å². The number of nitrogens with zero attached hydrogens (tertiary/aromatic N) is 2. The lowest BCUT2D eigenvalue weighted by molar-refractivity contribution is 0.0968. The lowest BCUT2D eigenvalue weighted by atomic mass is 10.0. The van der Waals surface area contributed by atoms with Crippen LogP contribution in [0.5, 0.6) is 0 Å². The zero-order chi connectivity index (χ0) is 22.0. The summed E-state index contributed by atoms with van der Waals surface area (Å²) in [4.78, 5) is 32.1. The molecule has 158 valence electrons. The number of ether oxygens (including phenoxy) is 1. The van der Waals surface area contributed by atoms with Crippen molar-refractivity contribution in [1.82, 2.24) is 9.55 Å². The molecule has 0 atom stereocenters. The number of aromatic nitrogens is 2. The van der Waals surface area contributed by atoms with E-state index >= 15 is 0 Å². The SMILES string of the molecule is COCCc1nc2scc(-c3ccccc3)c2c(=O)n1CC(=O)c1ccc(C)c(C)c1. The summed E-state index contributed by atoms with van der Waals surface area (Å²) in [5.41, 5.74) is 4.40. The summed E-state index contributed by atoms with van der Waals surface area (Å²) in [6.45, 7) is 4.37. The molecule has 4 rings (SSSR count). The number of aryl methyl sites for hydroxylation is 2. The van der Waals surface area contributed by atoms with Crippen molar-refractivity contribution in [1.29, 1.82) is 0 Å². The summed E-state index contributed by atoms with van der Waals surface area (Å²) in [6.07, 6.45) is 0.459. The van der Waals surface area contributed by atoms with Crippen molar-refractivity contribution >= 4 is 27.3 Å². The Morgan fingerprint density at radius 2 is 1.87 bits per heavy atom. The van der Waals surface area contributed by atoms with Gasteiger partial charge in [0.1, 0.15) is 10.7 Å². The van der Waals surface area contributed by atoms with Crippen molar-refractivity contribution in [2.75, 3.05) is 13.7 Å². The fraction of sp³-hybridized carbons (Fsp3) is 0.240. The molecule has 0 unspecified atom stereocenters. The van der Waals surface area contributed by atoms with E-state index < -0.39 is 0 Å². The fourth-order valence-electron chi connectivity index (χ4n) is 3.59. The van der Waals surface area contributed by atoms with Crippen molar-refractivity contribution in [2.45, 2.75) is 26.8 Å². The van der Waals surface area contributed by atoms with Gasteiger partial charge < -0.3 is 4.74 Å². The van der Waals surface area contributed by atoms with Gasteiger partial charge in [-0.2, -0.15) is 0 Å². The van der Waals surface area contributed by atoms with E-state index in [2.05, 4.69) is 0 Å². The third-order valence-corrected chi connectivity index (χ3v) is 6.39. The first-order valence-corrected chi connectivity index (χ1v) is 11.0. The van der Waals surface area contributed by atoms with Crippen LogP contribution in [0.25, 0.3) is 21.3 Å². The third-order valence-electron chi connectivity index (χ3n) is 5.52. The van der Waals surface area contributed by atoms with Crippen molar-refractivity contribution in [3.8, 4) is 11.1 Å². The first-order valence-electron chi connectivity index (χ1n) is 10.2. The Morgan fingerprint density at radius 1 is 1.10 bits per heavy atom. The Morgan fingerprint density at radius 3 is 2.58 bits per heavy atom. The summed E-state index contributed by atoms with van der Waals surface area (Å²) in [6, 6.07) is 15.4. The topological polar surface area (TPSA) is 61.2 Å². The molecule has 31 heavy (non-hydrogen) atoms. The monoisotopic (exact) mass is 432 g/mol. The highest BCUT2D eigenvalue weighted by Gasteiger charge is 2.19. The number of benzene rings is 2. The number of hydrogen-bond acceptors (Lipinski definition) is 5. The van der Waals surface area contributed by atoms with E-state index in [0.29, 0.717) is 34.6 Å². The number of methoxy groups -OCH3 is 1. The Balaban J connectivity index is 1.83. The van der Waals surface area contributed by atoms with Gasteiger partial charge in [-0.1, -0.05) is 42.5 Å². The van der Waals surface area contributed by atoms with Gasteiger partial charge in [0, 0.05) is 30.0 Å². The van der Waals surface area contributed by atoms with E-state index in [9.17, 15) is 9.59 Å². The minimum atomic E-state index is -0.187. The highest BCUT2D eigenvalue weighted by atomic mass is 32.1. The lowest BCUT2D eigenvalue weighted by Crippen LogP contribution is -2.29. The van der Waals surface area contributed by atoms with Gasteiger partial charge in [-0.25, -0.2) is 4.98 Å². The number of rotatable bonds is 7. The van der Waals surface area contributed by atoms with Gasteiger partial charge in [0.2, 0.25) is 0 Å². The number of ketones is 1. The summed E-state index contributed by atoms with van der Waals surface area (Å²) in [5, 5.41) is 2.52. The third kappa shape index (κ3) is 4.22. The van der Waals surface area contributed by atoms with Gasteiger partial charge in [0.25, 0.3) is 5.56 Å². The predicted octanol–water partition coefficient (Wildman–Crippen LogP) is 4.81. The van der Waals surface area contributed by atoms with Crippen LogP contribution in [-0.4, -0.2) is 29.1 Å². The zero-order valence-corrected chi connectivity index (χ0v) is 18.7. The number of Topliss-reactive ketones (excluding diaryl/α,β-unsaturated/α-hetero) is 1. The molecule has 4 aromatic rings. The van der Waals surface area contributed by atoms with Gasteiger partial charge in [-0.3, -0.25) is 14.2 Å². The van der Waals surface area contributed by atoms with Gasteiger partial charge >= 0.3 is 0 Å². The maximum Gasteiger partial charge on any atom is 0.263 e. The largest absolute Gasteiger partial charge is 0.384 e. The van der Waals surface area contributed by atoms with E-state index in [4.69, 9.17) is 9.72 Å². The van der Waals surface area contributed by atoms with Gasteiger partial charge in [-0.05, 0) is 36.6 Å². The Hall–Kier alpha value is -3.09. The predicted molar refractivity (Wildman–Crippen MR) is 125 cm³/mol. The quantitative estimate of drug-likeness (QED) is 0.393. The maximum atomic E-state index is 13.6. The summed E-state index contributed by atoms with van der Waals surface area (Å²) in [5.74, 6) is 0.458. The van der Waals surface area contributed by atoms with Crippen LogP contribution in [0.2, 0.25) is 0 Å². The second kappa shape index (κ2) is 8.96. The average molecular weight is 433 g/mol. The second-order valence-corrected chi connectivity index (χ2v) is 8.44. The molecule has 2 heterocycles. The molecule has 0 aliphatic rings. The number of carbonyl (C=O) groups is 1. The van der Waals surface area contributed by atoms with Crippen LogP contribution in [0, 0.1) is 13.8 Å². The maximum absolute atomic E-state index is 13.6. The minimum Gasteiger partial charge on any atom is -0.384 e. The normalized spacial score (nSPS) is 11.2. The number of carbonyl (C=O) groups excluding carboxylic acids is 1. The first-order chi connectivity index (χ1) is 15.0. The summed E-state index contributed by atoms with van der Waals surface area (Å²) >= 11 is 1.45. The lowest BCUT2D eigenvalue weighted by Gasteiger charge is -2.13. The van der Waals surface area contributed by atoms with E-state index in [0.717, 1.165) is 22.3 Å². The summed E-state index contributed by atoms with van der Waals surface area (Å²) in [7, 11) is 1.61. The number of thiophene rings is 1. The number of hydrogen-bond donors (Lipinski definition) is 0. The molecule has 2 aromatic carbocycles. The molecule has 0 saturated carbocycles. The molecule has 5 nitrogen and oxygen atoms in total. The van der Waals surface area contributed by atoms with Gasteiger partial charge in [0.15, 0.2) is 5.78 Å². The smallest absolute Gasteiger partial charge is 0.263 e. The molecule has 0 aliphatic carbocycles. The number of fused-ring (bicyclic) bond motifs is 1. The van der Waals surface area contributed by atoms with Crippen LogP contribution >= 0.6 is 11.3 Å². The molecule has 0 saturated heterocycles. The average Bonchev–Trinajstić information content (AvgIpc) is 3.21. The van der Waals surface area contributed by atoms with Crippen LogP contribution < -0.4 is 5.56 Å². The van der Waals surface area contributed by atoms with Crippen LogP contribution in [-0.2, 0) is 17.7 Å². The molecular formula is C25H24N2O3S. The standard InChI is InChI=1S/C25H24N2O3S/c1-16-9-10-19(13-17(16)2)21(28)14-27-22(11-12-30-3)26-24-23(25(27)29)20(15-31-24)18-7-5-4-6-8-18/h4-10,13,15H,11-12,14H2,1-3H3. The minimum absolute atomic E-state index is 0.0482. The highest BCUT2D eigenvalue weighted by molar-refractivity contribution is 7.17. The molecule has 6 heteroatoms. The Labute approximate surface area is 185 Å². The van der Waals surface area contributed by atoms with Crippen molar-refractivity contribution < 1.29 is 9.53 Å². The van der Waals surface area contributed by atoms with E-state index in [1.807, 2.05) is 67.8 Å². The van der Waals surface area contributed by atoms with Crippen molar-refractivity contribution in [3.63, 3.8) is 0 Å². The van der Waals surface area contributed by atoms with Gasteiger partial charge in [0.05, 0.1) is 18.5 Å². The molecular weight excluding hydrogens is 408 g/mol. The van der Waals surface area contributed by atoms with Crippen LogP contribution in [0.4, 0.5) is 0 Å². The molecule has 0 fully saturated rings. The second-order valence-electron chi connectivity index (χ2n) is 7.58. The van der Waals surface area contributed by atoms with E-state index in [-0.39, 0.29) is 17.9 Å². The summed E-state index contributed by atoms with van der Waals surface area (Å²) < 4.78 is 6.72. The Kier molecular flexibility index (Phi) is 6.11. The first kappa shape index (κ1) is 21.2. The Bertz CT molecular complexity index is 1310. The van der Waals surface area contributed by atoms with Crippen molar-refractivity contribution in [3.05, 3.63) is 86.8 Å². The highest BCUT2D eigenvalue weighted by Crippen LogP contribution is 2.31. The van der Waals surface area contributed by atoms with Crippen LogP contribution in [0.1, 0.15) is 27.3 Å². The zero-order valence-electron chi connectivity index (χ0n) is 17.8. The molecule has 0 N–H and O–H groups in total. The molecule has 0 radical (unpaired) electrons. The molecule has 2 aromatic heterocycles.